The van der Waals surface area contributed by atoms with Gasteiger partial charge in [-0.3, -0.25) is 0 Å². The number of nitrogens with zero attached hydrogens (tertiary/aromatic N) is 3. The highest BCUT2D eigenvalue weighted by Gasteiger charge is 2.22. The first-order valence-electron chi connectivity index (χ1n) is 5.47. The number of hydrogen-bond acceptors (Lipinski definition) is 4. The van der Waals surface area contributed by atoms with Gasteiger partial charge in [0.15, 0.2) is 5.82 Å². The monoisotopic (exact) mass is 215 g/mol. The lowest BCUT2D eigenvalue weighted by atomic mass is 9.93. The van der Waals surface area contributed by atoms with Crippen molar-refractivity contribution in [3.63, 3.8) is 0 Å². The highest BCUT2D eigenvalue weighted by atomic mass is 15.5. The predicted molar refractivity (Wildman–Crippen MR) is 59.0 cm³/mol. The van der Waals surface area contributed by atoms with Crippen LogP contribution in [0.3, 0.4) is 0 Å². The van der Waals surface area contributed by atoms with Crippen molar-refractivity contribution in [1.29, 1.82) is 0 Å². The van der Waals surface area contributed by atoms with Crippen LogP contribution in [0.25, 0.3) is 0 Å². The molecule has 82 valence electrons. The van der Waals surface area contributed by atoms with Crippen molar-refractivity contribution in [2.75, 3.05) is 13.1 Å². The van der Waals surface area contributed by atoms with Gasteiger partial charge in [0.2, 0.25) is 0 Å². The Kier molecular flexibility index (Phi) is 2.38. The summed E-state index contributed by atoms with van der Waals surface area (Å²) in [6.07, 6.45) is 1.06. The van der Waals surface area contributed by atoms with Crippen molar-refractivity contribution in [2.45, 2.75) is 12.3 Å². The number of tetrazole rings is 1. The molecule has 2 aromatic rings. The van der Waals surface area contributed by atoms with Gasteiger partial charge < -0.3 is 5.32 Å². The number of aromatic amines is 1. The second kappa shape index (κ2) is 4.02. The largest absolute Gasteiger partial charge is 0.315 e. The number of benzene rings is 1. The van der Waals surface area contributed by atoms with E-state index >= 15 is 0 Å². The van der Waals surface area contributed by atoms with Gasteiger partial charge in [0.1, 0.15) is 0 Å². The van der Waals surface area contributed by atoms with Crippen LogP contribution in [0.15, 0.2) is 24.3 Å². The Morgan fingerprint density at radius 1 is 1.25 bits per heavy atom. The van der Waals surface area contributed by atoms with E-state index in [-0.39, 0.29) is 5.92 Å². The molecule has 1 aliphatic rings. The number of nitrogens with one attached hydrogen (secondary N) is 2. The molecule has 3 rings (SSSR count). The molecule has 5 nitrogen and oxygen atoms in total. The van der Waals surface area contributed by atoms with E-state index in [1.54, 1.807) is 0 Å². The molecule has 0 spiro atoms. The van der Waals surface area contributed by atoms with Crippen LogP contribution in [-0.4, -0.2) is 33.7 Å². The summed E-state index contributed by atoms with van der Waals surface area (Å²) in [5, 5.41) is 17.6. The summed E-state index contributed by atoms with van der Waals surface area (Å²) in [5.41, 5.74) is 2.71. The maximum absolute atomic E-state index is 4.02. The zero-order valence-corrected chi connectivity index (χ0v) is 8.85. The fraction of sp³-hybridized carbons (Fsp3) is 0.364. The molecule has 16 heavy (non-hydrogen) atoms. The Balaban J connectivity index is 2.06. The maximum Gasteiger partial charge on any atom is 0.157 e. The summed E-state index contributed by atoms with van der Waals surface area (Å²) in [4.78, 5) is 0. The smallest absolute Gasteiger partial charge is 0.157 e. The molecule has 1 aromatic heterocycles. The minimum Gasteiger partial charge on any atom is -0.315 e. The first-order chi connectivity index (χ1) is 7.95. The number of H-pyrrole nitrogens is 1. The molecule has 0 radical (unpaired) electrons. The zero-order chi connectivity index (χ0) is 10.8. The minimum absolute atomic E-state index is 0.230. The SMILES string of the molecule is c1ccc2c(c1)CCNCC2c1nnn[nH]1. The van der Waals surface area contributed by atoms with Crippen LogP contribution >= 0.6 is 0 Å². The molecule has 1 aliphatic heterocycles. The van der Waals surface area contributed by atoms with E-state index in [1.807, 2.05) is 0 Å². The van der Waals surface area contributed by atoms with Gasteiger partial charge >= 0.3 is 0 Å². The van der Waals surface area contributed by atoms with Crippen molar-refractivity contribution in [3.05, 3.63) is 41.2 Å². The Morgan fingerprint density at radius 2 is 2.19 bits per heavy atom. The Labute approximate surface area is 93.3 Å². The van der Waals surface area contributed by atoms with E-state index in [1.165, 1.54) is 11.1 Å². The van der Waals surface area contributed by atoms with Crippen LogP contribution in [0.2, 0.25) is 0 Å². The van der Waals surface area contributed by atoms with Crippen molar-refractivity contribution < 1.29 is 0 Å². The first kappa shape index (κ1) is 9.47. The van der Waals surface area contributed by atoms with Crippen LogP contribution in [0, 0.1) is 0 Å². The third kappa shape index (κ3) is 1.59. The van der Waals surface area contributed by atoms with Crippen LogP contribution in [0.1, 0.15) is 22.9 Å². The van der Waals surface area contributed by atoms with Gasteiger partial charge in [-0.15, -0.1) is 5.10 Å². The van der Waals surface area contributed by atoms with Gasteiger partial charge in [0, 0.05) is 6.54 Å². The molecule has 1 aromatic carbocycles. The van der Waals surface area contributed by atoms with Crippen molar-refractivity contribution in [3.8, 4) is 0 Å². The van der Waals surface area contributed by atoms with Crippen molar-refractivity contribution >= 4 is 0 Å². The second-order valence-corrected chi connectivity index (χ2v) is 3.99. The third-order valence-electron chi connectivity index (χ3n) is 3.04. The highest BCUT2D eigenvalue weighted by molar-refractivity contribution is 5.35. The number of fused-ring (bicyclic) bond motifs is 1. The standard InChI is InChI=1S/C11H13N5/c1-2-4-9-8(3-1)5-6-12-7-10(9)11-13-15-16-14-11/h1-4,10,12H,5-7H2,(H,13,14,15,16). The van der Waals surface area contributed by atoms with Gasteiger partial charge in [0.25, 0.3) is 0 Å². The van der Waals surface area contributed by atoms with Crippen LogP contribution in [0.5, 0.6) is 0 Å². The van der Waals surface area contributed by atoms with E-state index in [4.69, 9.17) is 0 Å². The van der Waals surface area contributed by atoms with E-state index in [2.05, 4.69) is 50.2 Å². The van der Waals surface area contributed by atoms with E-state index < -0.39 is 0 Å². The molecule has 5 heteroatoms. The molecule has 0 saturated carbocycles. The summed E-state index contributed by atoms with van der Waals surface area (Å²) < 4.78 is 0. The fourth-order valence-corrected chi connectivity index (χ4v) is 2.24. The van der Waals surface area contributed by atoms with Gasteiger partial charge in [0.05, 0.1) is 5.92 Å². The van der Waals surface area contributed by atoms with E-state index in [9.17, 15) is 0 Å². The quantitative estimate of drug-likeness (QED) is 0.726. The van der Waals surface area contributed by atoms with Gasteiger partial charge in [-0.2, -0.15) is 0 Å². The Hall–Kier alpha value is -1.75. The molecule has 0 amide bonds. The summed E-state index contributed by atoms with van der Waals surface area (Å²) in [5.74, 6) is 1.07. The van der Waals surface area contributed by atoms with Crippen LogP contribution in [-0.2, 0) is 6.42 Å². The molecule has 1 atom stereocenters. The number of rotatable bonds is 1. The Bertz CT molecular complexity index is 465. The second-order valence-electron chi connectivity index (χ2n) is 3.99. The van der Waals surface area contributed by atoms with Crippen molar-refractivity contribution in [2.24, 2.45) is 0 Å². The minimum atomic E-state index is 0.230. The fourth-order valence-electron chi connectivity index (χ4n) is 2.24. The van der Waals surface area contributed by atoms with E-state index in [0.29, 0.717) is 0 Å². The Morgan fingerprint density at radius 3 is 3.06 bits per heavy atom. The third-order valence-corrected chi connectivity index (χ3v) is 3.04. The topological polar surface area (TPSA) is 66.5 Å². The van der Waals surface area contributed by atoms with Gasteiger partial charge in [-0.25, -0.2) is 5.10 Å². The molecule has 0 fully saturated rings. The molecular weight excluding hydrogens is 202 g/mol. The molecule has 2 heterocycles. The average molecular weight is 215 g/mol. The first-order valence-corrected chi connectivity index (χ1v) is 5.47. The molecule has 1 unspecified atom stereocenters. The maximum atomic E-state index is 4.02. The average Bonchev–Trinajstić information content (AvgIpc) is 2.76. The normalized spacial score (nSPS) is 20.1. The van der Waals surface area contributed by atoms with Crippen molar-refractivity contribution in [1.82, 2.24) is 25.9 Å². The summed E-state index contributed by atoms with van der Waals surface area (Å²) in [6, 6.07) is 8.50. The lowest BCUT2D eigenvalue weighted by molar-refractivity contribution is 0.642. The summed E-state index contributed by atoms with van der Waals surface area (Å²) in [6.45, 7) is 1.89. The predicted octanol–water partition coefficient (Wildman–Crippen LogP) is 0.477. The van der Waals surface area contributed by atoms with E-state index in [0.717, 1.165) is 25.3 Å². The van der Waals surface area contributed by atoms with Crippen LogP contribution < -0.4 is 5.32 Å². The summed E-state index contributed by atoms with van der Waals surface area (Å²) >= 11 is 0. The number of hydrogen-bond donors (Lipinski definition) is 2. The van der Waals surface area contributed by atoms with Crippen LogP contribution in [0.4, 0.5) is 0 Å². The molecule has 0 bridgehead atoms. The molecule has 0 saturated heterocycles. The summed E-state index contributed by atoms with van der Waals surface area (Å²) in [7, 11) is 0. The molecular formula is C11H13N5. The van der Waals surface area contributed by atoms with Gasteiger partial charge in [-0.1, -0.05) is 24.3 Å². The zero-order valence-electron chi connectivity index (χ0n) is 8.85. The van der Waals surface area contributed by atoms with Gasteiger partial charge in [-0.05, 0) is 34.5 Å². The lowest BCUT2D eigenvalue weighted by Gasteiger charge is -2.13. The molecule has 2 N–H and O–H groups in total. The highest BCUT2D eigenvalue weighted by Crippen LogP contribution is 2.25. The molecule has 0 aliphatic carbocycles. The lowest BCUT2D eigenvalue weighted by Crippen LogP contribution is -2.21. The number of aromatic nitrogens is 4.